The SMILES string of the molecule is CCn1c(=O)c(=CNc2cccc(CCN3CCC(F)(F)CC3)c2)s/c1=C(/C#N)C(=O)NCC(F)(F)F. The Morgan fingerprint density at radius 1 is 1.27 bits per heavy atom. The third kappa shape index (κ3) is 7.87. The van der Waals surface area contributed by atoms with Crippen LogP contribution < -0.4 is 25.4 Å². The van der Waals surface area contributed by atoms with Crippen LogP contribution in [0.1, 0.15) is 25.3 Å². The summed E-state index contributed by atoms with van der Waals surface area (Å²) in [5, 5.41) is 14.1. The highest BCUT2D eigenvalue weighted by Gasteiger charge is 2.33. The molecule has 1 aliphatic rings. The average molecular weight is 544 g/mol. The molecule has 0 atom stereocenters. The van der Waals surface area contributed by atoms with Crippen molar-refractivity contribution in [3.8, 4) is 6.07 Å². The summed E-state index contributed by atoms with van der Waals surface area (Å²) in [4.78, 5) is 27.0. The van der Waals surface area contributed by atoms with Gasteiger partial charge < -0.3 is 15.5 Å². The number of hydrogen-bond acceptors (Lipinski definition) is 6. The van der Waals surface area contributed by atoms with Gasteiger partial charge in [0.15, 0.2) is 5.57 Å². The summed E-state index contributed by atoms with van der Waals surface area (Å²) in [6.07, 6.45) is -2.86. The maximum atomic E-state index is 13.3. The number of anilines is 1. The van der Waals surface area contributed by atoms with Gasteiger partial charge >= 0.3 is 6.18 Å². The van der Waals surface area contributed by atoms with Gasteiger partial charge in [-0.15, -0.1) is 11.3 Å². The minimum Gasteiger partial charge on any atom is -0.360 e. The molecule has 2 N–H and O–H groups in total. The third-order valence-electron chi connectivity index (χ3n) is 5.83. The number of nitrogens with zero attached hydrogens (tertiary/aromatic N) is 3. The molecule has 0 spiro atoms. The molecule has 2 heterocycles. The van der Waals surface area contributed by atoms with E-state index >= 15 is 0 Å². The quantitative estimate of drug-likeness (QED) is 0.500. The summed E-state index contributed by atoms with van der Waals surface area (Å²) in [6.45, 7) is 1.46. The molecule has 0 unspecified atom stereocenters. The van der Waals surface area contributed by atoms with E-state index in [0.29, 0.717) is 31.7 Å². The van der Waals surface area contributed by atoms with E-state index in [4.69, 9.17) is 0 Å². The molecule has 13 heteroatoms. The van der Waals surface area contributed by atoms with Crippen molar-refractivity contribution >= 4 is 34.7 Å². The summed E-state index contributed by atoms with van der Waals surface area (Å²) in [7, 11) is 0. The van der Waals surface area contributed by atoms with Gasteiger partial charge in [0.05, 0.1) is 0 Å². The van der Waals surface area contributed by atoms with Crippen molar-refractivity contribution < 1.29 is 26.7 Å². The smallest absolute Gasteiger partial charge is 0.360 e. The molecular formula is C24H26F5N5O2S. The molecule has 1 amide bonds. The van der Waals surface area contributed by atoms with Crippen LogP contribution >= 0.6 is 11.3 Å². The molecule has 0 bridgehead atoms. The normalized spacial score (nSPS) is 17.3. The first-order chi connectivity index (χ1) is 17.4. The van der Waals surface area contributed by atoms with E-state index in [2.05, 4.69) is 5.32 Å². The van der Waals surface area contributed by atoms with Gasteiger partial charge in [-0.25, -0.2) is 8.78 Å². The fourth-order valence-corrected chi connectivity index (χ4v) is 4.90. The zero-order valence-electron chi connectivity index (χ0n) is 20.0. The predicted octanol–water partition coefficient (Wildman–Crippen LogP) is 2.41. The maximum absolute atomic E-state index is 13.3. The lowest BCUT2D eigenvalue weighted by molar-refractivity contribution is -0.135. The standard InChI is InChI=1S/C24H26F5N5O2S/c1-2-34-21(36)19(37-22(34)18(13-30)20(35)32-15-24(27,28)29)14-31-17-5-3-4-16(12-17)6-9-33-10-7-23(25,26)8-11-33/h3-5,12,14,31H,2,6-11,15H2,1H3,(H,32,35)/b19-14?,22-18-. The Labute approximate surface area is 213 Å². The topological polar surface area (TPSA) is 90.2 Å². The van der Waals surface area contributed by atoms with Crippen LogP contribution in [-0.2, 0) is 17.8 Å². The van der Waals surface area contributed by atoms with E-state index in [9.17, 15) is 36.8 Å². The van der Waals surface area contributed by atoms with Crippen molar-refractivity contribution in [2.24, 2.45) is 0 Å². The van der Waals surface area contributed by atoms with Crippen molar-refractivity contribution in [3.05, 3.63) is 49.4 Å². The lowest BCUT2D eigenvalue weighted by Crippen LogP contribution is -2.40. The third-order valence-corrected chi connectivity index (χ3v) is 6.96. The Balaban J connectivity index is 1.77. The molecule has 37 heavy (non-hydrogen) atoms. The number of aromatic nitrogens is 1. The largest absolute Gasteiger partial charge is 0.405 e. The number of benzene rings is 1. The number of piperidine rings is 1. The van der Waals surface area contributed by atoms with Crippen LogP contribution in [0.15, 0.2) is 29.1 Å². The summed E-state index contributed by atoms with van der Waals surface area (Å²) in [6, 6.07) is 8.95. The minimum atomic E-state index is -4.64. The second-order valence-corrected chi connectivity index (χ2v) is 9.57. The van der Waals surface area contributed by atoms with Crippen LogP contribution in [0.5, 0.6) is 0 Å². The highest BCUT2D eigenvalue weighted by Crippen LogP contribution is 2.27. The van der Waals surface area contributed by atoms with Gasteiger partial charge in [0.1, 0.15) is 21.8 Å². The molecule has 1 aromatic heterocycles. The number of rotatable bonds is 8. The van der Waals surface area contributed by atoms with Crippen LogP contribution in [0.3, 0.4) is 0 Å². The zero-order valence-corrected chi connectivity index (χ0v) is 20.8. The number of thiazole rings is 1. The van der Waals surface area contributed by atoms with Gasteiger partial charge in [-0.1, -0.05) is 12.1 Å². The lowest BCUT2D eigenvalue weighted by atomic mass is 10.1. The van der Waals surface area contributed by atoms with Crippen LogP contribution in [0.25, 0.3) is 11.8 Å². The molecular weight excluding hydrogens is 517 g/mol. The van der Waals surface area contributed by atoms with Gasteiger partial charge in [-0.2, -0.15) is 18.4 Å². The number of amides is 1. The first-order valence-corrected chi connectivity index (χ1v) is 12.4. The fraction of sp³-hybridized carbons (Fsp3) is 0.458. The molecule has 1 aromatic carbocycles. The summed E-state index contributed by atoms with van der Waals surface area (Å²) in [5.74, 6) is -3.81. The van der Waals surface area contributed by atoms with E-state index < -0.39 is 35.7 Å². The number of halogens is 5. The Kier molecular flexibility index (Phi) is 9.09. The molecule has 0 saturated carbocycles. The number of carbonyl (C=O) groups excluding carboxylic acids is 1. The number of alkyl halides is 5. The monoisotopic (exact) mass is 543 g/mol. The van der Waals surface area contributed by atoms with Crippen LogP contribution in [-0.4, -0.2) is 53.7 Å². The van der Waals surface area contributed by atoms with Gasteiger partial charge in [0.25, 0.3) is 17.4 Å². The zero-order chi connectivity index (χ0) is 27.2. The summed E-state index contributed by atoms with van der Waals surface area (Å²) in [5.41, 5.74) is 0.553. The Hall–Kier alpha value is -3.24. The van der Waals surface area contributed by atoms with Crippen molar-refractivity contribution in [3.63, 3.8) is 0 Å². The van der Waals surface area contributed by atoms with Crippen LogP contribution in [0, 0.1) is 11.3 Å². The molecule has 0 aliphatic carbocycles. The molecule has 7 nitrogen and oxygen atoms in total. The van der Waals surface area contributed by atoms with Crippen LogP contribution in [0.2, 0.25) is 0 Å². The molecule has 2 aromatic rings. The highest BCUT2D eigenvalue weighted by atomic mass is 32.1. The van der Waals surface area contributed by atoms with Gasteiger partial charge in [-0.05, 0) is 31.0 Å². The molecule has 200 valence electrons. The first kappa shape index (κ1) is 28.3. The second-order valence-electron chi connectivity index (χ2n) is 8.54. The number of likely N-dealkylation sites (tertiary alicyclic amines) is 1. The number of carbonyl (C=O) groups is 1. The Bertz CT molecular complexity index is 1330. The van der Waals surface area contributed by atoms with E-state index in [1.54, 1.807) is 24.4 Å². The molecule has 0 radical (unpaired) electrons. The van der Waals surface area contributed by atoms with E-state index in [1.165, 1.54) is 6.20 Å². The van der Waals surface area contributed by atoms with Gasteiger partial charge in [-0.3, -0.25) is 14.2 Å². The molecule has 1 aliphatic heterocycles. The number of nitrogens with one attached hydrogen (secondary N) is 2. The van der Waals surface area contributed by atoms with Crippen molar-refractivity contribution in [2.45, 2.75) is 44.8 Å². The molecule has 1 saturated heterocycles. The Morgan fingerprint density at radius 2 is 1.97 bits per heavy atom. The predicted molar refractivity (Wildman–Crippen MR) is 130 cm³/mol. The summed E-state index contributed by atoms with van der Waals surface area (Å²) < 4.78 is 65.3. The molecule has 1 fully saturated rings. The Morgan fingerprint density at radius 3 is 2.59 bits per heavy atom. The van der Waals surface area contributed by atoms with Crippen LogP contribution in [0.4, 0.5) is 27.6 Å². The average Bonchev–Trinajstić information content (AvgIpc) is 3.16. The van der Waals surface area contributed by atoms with Crippen molar-refractivity contribution in [2.75, 3.05) is 31.5 Å². The highest BCUT2D eigenvalue weighted by molar-refractivity contribution is 7.07. The van der Waals surface area contributed by atoms with Crippen molar-refractivity contribution in [1.29, 1.82) is 5.26 Å². The second kappa shape index (κ2) is 11.9. The van der Waals surface area contributed by atoms with E-state index in [1.807, 2.05) is 23.1 Å². The number of nitriles is 1. The first-order valence-electron chi connectivity index (χ1n) is 11.6. The molecule has 3 rings (SSSR count). The minimum absolute atomic E-state index is 0.0383. The summed E-state index contributed by atoms with van der Waals surface area (Å²) >= 11 is 0.820. The van der Waals surface area contributed by atoms with Gasteiger partial charge in [0, 0.05) is 50.9 Å². The maximum Gasteiger partial charge on any atom is 0.405 e. The fourth-order valence-electron chi connectivity index (χ4n) is 3.81. The van der Waals surface area contributed by atoms with E-state index in [-0.39, 0.29) is 28.6 Å². The van der Waals surface area contributed by atoms with E-state index in [0.717, 1.165) is 21.5 Å². The lowest BCUT2D eigenvalue weighted by Gasteiger charge is -2.31. The van der Waals surface area contributed by atoms with Crippen molar-refractivity contribution in [1.82, 2.24) is 14.8 Å². The van der Waals surface area contributed by atoms with Gasteiger partial charge in [0.2, 0.25) is 0 Å². The number of hydrogen-bond donors (Lipinski definition) is 2.